The Morgan fingerprint density at radius 2 is 1.41 bits per heavy atom. The first-order chi connectivity index (χ1) is 10.7. The van der Waals surface area contributed by atoms with Crippen molar-refractivity contribution in [1.29, 1.82) is 0 Å². The fourth-order valence-corrected chi connectivity index (χ4v) is 4.71. The van der Waals surface area contributed by atoms with Gasteiger partial charge in [0.1, 0.15) is 0 Å². The molecule has 1 heterocycles. The minimum absolute atomic E-state index is 0.586. The van der Waals surface area contributed by atoms with E-state index in [0.29, 0.717) is 11.8 Å². The first-order valence-corrected chi connectivity index (χ1v) is 8.81. The van der Waals surface area contributed by atoms with E-state index in [1.54, 1.807) is 0 Å². The fourth-order valence-electron chi connectivity index (χ4n) is 3.27. The quantitative estimate of drug-likeness (QED) is 0.375. The van der Waals surface area contributed by atoms with Gasteiger partial charge in [0.25, 0.3) is 0 Å². The smallest absolute Gasteiger partial charge is 0.0433 e. The maximum atomic E-state index is 2.35. The highest BCUT2D eigenvalue weighted by atomic mass is 32.1. The lowest BCUT2D eigenvalue weighted by molar-refractivity contribution is 0.538. The van der Waals surface area contributed by atoms with Crippen LogP contribution in [0.5, 0.6) is 0 Å². The molecule has 0 N–H and O–H groups in total. The first-order valence-electron chi connectivity index (χ1n) is 7.99. The Hall–Kier alpha value is -1.86. The molecule has 4 aromatic rings. The number of thiophene rings is 1. The Labute approximate surface area is 135 Å². The number of fused-ring (bicyclic) bond motifs is 5. The van der Waals surface area contributed by atoms with Gasteiger partial charge >= 0.3 is 0 Å². The maximum absolute atomic E-state index is 2.35. The lowest BCUT2D eigenvalue weighted by atomic mass is 9.89. The van der Waals surface area contributed by atoms with Crippen LogP contribution in [0.1, 0.15) is 32.3 Å². The van der Waals surface area contributed by atoms with Crippen LogP contribution in [0.2, 0.25) is 0 Å². The molecular formula is C21H20S. The van der Waals surface area contributed by atoms with Gasteiger partial charge in [0.2, 0.25) is 0 Å². The summed E-state index contributed by atoms with van der Waals surface area (Å²) < 4.78 is 2.89. The molecule has 1 heteroatoms. The van der Waals surface area contributed by atoms with Crippen LogP contribution in [-0.2, 0) is 0 Å². The molecule has 110 valence electrons. The zero-order valence-electron chi connectivity index (χ0n) is 13.3. The second kappa shape index (κ2) is 5.10. The van der Waals surface area contributed by atoms with Crippen LogP contribution in [0.3, 0.4) is 0 Å². The van der Waals surface area contributed by atoms with Crippen molar-refractivity contribution in [3.63, 3.8) is 0 Å². The van der Waals surface area contributed by atoms with Crippen LogP contribution in [0, 0.1) is 5.92 Å². The summed E-state index contributed by atoms with van der Waals surface area (Å²) >= 11 is 1.96. The molecule has 1 aromatic heterocycles. The van der Waals surface area contributed by atoms with Crippen LogP contribution in [0.25, 0.3) is 30.9 Å². The third kappa shape index (κ3) is 1.96. The third-order valence-electron chi connectivity index (χ3n) is 4.91. The summed E-state index contributed by atoms with van der Waals surface area (Å²) in [5.41, 5.74) is 1.50. The number of benzene rings is 3. The summed E-state index contributed by atoms with van der Waals surface area (Å²) in [6, 6.07) is 20.1. The van der Waals surface area contributed by atoms with Crippen molar-refractivity contribution >= 4 is 42.3 Å². The predicted molar refractivity (Wildman–Crippen MR) is 100 cm³/mol. The van der Waals surface area contributed by atoms with Gasteiger partial charge < -0.3 is 0 Å². The molecule has 0 aliphatic heterocycles. The van der Waals surface area contributed by atoms with Crippen LogP contribution >= 0.6 is 11.3 Å². The highest BCUT2D eigenvalue weighted by Gasteiger charge is 2.16. The van der Waals surface area contributed by atoms with E-state index in [1.807, 2.05) is 11.3 Å². The van der Waals surface area contributed by atoms with E-state index in [9.17, 15) is 0 Å². The number of hydrogen-bond acceptors (Lipinski definition) is 1. The van der Waals surface area contributed by atoms with Gasteiger partial charge in [-0.15, -0.1) is 11.3 Å². The molecule has 0 saturated heterocycles. The summed E-state index contributed by atoms with van der Waals surface area (Å²) in [4.78, 5) is 0. The summed E-state index contributed by atoms with van der Waals surface area (Å²) in [6.45, 7) is 6.97. The van der Waals surface area contributed by atoms with Gasteiger partial charge in [-0.3, -0.25) is 0 Å². The third-order valence-corrected chi connectivity index (χ3v) is 6.21. The lowest BCUT2D eigenvalue weighted by Crippen LogP contribution is -2.01. The predicted octanol–water partition coefficient (Wildman–Crippen LogP) is 6.97. The van der Waals surface area contributed by atoms with E-state index in [2.05, 4.69) is 75.4 Å². The minimum Gasteiger partial charge on any atom is -0.134 e. The molecule has 4 rings (SSSR count). The Bertz CT molecular complexity index is 975. The van der Waals surface area contributed by atoms with Gasteiger partial charge in [0, 0.05) is 20.2 Å². The highest BCUT2D eigenvalue weighted by Crippen LogP contribution is 2.42. The molecule has 3 aromatic carbocycles. The van der Waals surface area contributed by atoms with Crippen molar-refractivity contribution in [3.05, 3.63) is 60.2 Å². The summed E-state index contributed by atoms with van der Waals surface area (Å²) in [5, 5.41) is 5.52. The SMILES string of the molecule is CC(C)C(C)c1cccc2c1sc1c3ccccc3ccc21. The molecule has 0 saturated carbocycles. The molecular weight excluding hydrogens is 284 g/mol. The lowest BCUT2D eigenvalue weighted by Gasteiger charge is -2.16. The monoisotopic (exact) mass is 304 g/mol. The molecule has 22 heavy (non-hydrogen) atoms. The Morgan fingerprint density at radius 1 is 0.682 bits per heavy atom. The van der Waals surface area contributed by atoms with E-state index in [4.69, 9.17) is 0 Å². The van der Waals surface area contributed by atoms with E-state index < -0.39 is 0 Å². The van der Waals surface area contributed by atoms with Crippen LogP contribution in [0.4, 0.5) is 0 Å². The molecule has 0 aliphatic rings. The molecule has 0 bridgehead atoms. The summed E-state index contributed by atoms with van der Waals surface area (Å²) in [6.07, 6.45) is 0. The summed E-state index contributed by atoms with van der Waals surface area (Å²) in [7, 11) is 0. The van der Waals surface area contributed by atoms with Gasteiger partial charge in [-0.2, -0.15) is 0 Å². The van der Waals surface area contributed by atoms with Crippen molar-refractivity contribution in [2.24, 2.45) is 5.92 Å². The number of hydrogen-bond donors (Lipinski definition) is 0. The van der Waals surface area contributed by atoms with Crippen LogP contribution in [0.15, 0.2) is 54.6 Å². The second-order valence-corrected chi connectivity index (χ2v) is 7.54. The van der Waals surface area contributed by atoms with Crippen molar-refractivity contribution in [2.45, 2.75) is 26.7 Å². The van der Waals surface area contributed by atoms with Crippen molar-refractivity contribution in [2.75, 3.05) is 0 Å². The van der Waals surface area contributed by atoms with Gasteiger partial charge in [0.05, 0.1) is 0 Å². The summed E-state index contributed by atoms with van der Waals surface area (Å²) in [5.74, 6) is 1.25. The Kier molecular flexibility index (Phi) is 3.19. The van der Waals surface area contributed by atoms with E-state index >= 15 is 0 Å². The van der Waals surface area contributed by atoms with Crippen molar-refractivity contribution < 1.29 is 0 Å². The standard InChI is InChI=1S/C21H20S/c1-13(2)14(3)16-9-6-10-18-19-12-11-15-7-4-5-8-17(15)21(19)22-20(16)18/h4-14H,1-3H3. The molecule has 1 atom stereocenters. The van der Waals surface area contributed by atoms with Gasteiger partial charge in [0.15, 0.2) is 0 Å². The molecule has 0 radical (unpaired) electrons. The van der Waals surface area contributed by atoms with Gasteiger partial charge in [-0.25, -0.2) is 0 Å². The first kappa shape index (κ1) is 13.8. The topological polar surface area (TPSA) is 0 Å². The van der Waals surface area contributed by atoms with Crippen LogP contribution in [-0.4, -0.2) is 0 Å². The van der Waals surface area contributed by atoms with Crippen LogP contribution < -0.4 is 0 Å². The average Bonchev–Trinajstić information content (AvgIpc) is 2.93. The molecule has 0 spiro atoms. The zero-order valence-corrected chi connectivity index (χ0v) is 14.1. The molecule has 1 unspecified atom stereocenters. The molecule has 0 nitrogen and oxygen atoms in total. The van der Waals surface area contributed by atoms with E-state index in [0.717, 1.165) is 0 Å². The fraction of sp³-hybridized carbons (Fsp3) is 0.238. The highest BCUT2D eigenvalue weighted by molar-refractivity contribution is 7.26. The van der Waals surface area contributed by atoms with Gasteiger partial charge in [-0.05, 0) is 28.2 Å². The Morgan fingerprint density at radius 3 is 2.23 bits per heavy atom. The van der Waals surface area contributed by atoms with E-state index in [1.165, 1.54) is 36.5 Å². The second-order valence-electron chi connectivity index (χ2n) is 6.52. The van der Waals surface area contributed by atoms with Crippen molar-refractivity contribution in [1.82, 2.24) is 0 Å². The Balaban J connectivity index is 2.13. The zero-order chi connectivity index (χ0) is 15.3. The van der Waals surface area contributed by atoms with Crippen molar-refractivity contribution in [3.8, 4) is 0 Å². The largest absolute Gasteiger partial charge is 0.134 e. The molecule has 0 fully saturated rings. The normalized spacial score (nSPS) is 13.5. The van der Waals surface area contributed by atoms with E-state index in [-0.39, 0.29) is 0 Å². The molecule has 0 aliphatic carbocycles. The minimum atomic E-state index is 0.586. The average molecular weight is 304 g/mol. The number of rotatable bonds is 2. The maximum Gasteiger partial charge on any atom is 0.0433 e. The van der Waals surface area contributed by atoms with Gasteiger partial charge in [-0.1, -0.05) is 75.4 Å². The molecule has 0 amide bonds.